The second kappa shape index (κ2) is 4.13. The Bertz CT molecular complexity index is 250. The third kappa shape index (κ3) is 2.04. The maximum absolute atomic E-state index is 2.34. The van der Waals surface area contributed by atoms with Crippen LogP contribution in [0.25, 0.3) is 0 Å². The van der Waals surface area contributed by atoms with E-state index < -0.39 is 12.3 Å². The van der Waals surface area contributed by atoms with Crippen LogP contribution in [0.3, 0.4) is 0 Å². The SMILES string of the molecule is C[C@H]1CS[As](c2ccccc2)S1. The van der Waals surface area contributed by atoms with E-state index in [0.717, 1.165) is 5.25 Å². The molecule has 64 valence electrons. The molecule has 1 saturated heterocycles. The Balaban J connectivity index is 2.11. The molecule has 0 aromatic heterocycles. The van der Waals surface area contributed by atoms with Crippen LogP contribution >= 0.6 is 20.0 Å². The molecule has 1 aliphatic rings. The predicted molar refractivity (Wildman–Crippen MR) is 61.3 cm³/mol. The summed E-state index contributed by atoms with van der Waals surface area (Å²) in [6.07, 6.45) is 0. The molecule has 2 atom stereocenters. The fraction of sp³-hybridized carbons (Fsp3) is 0.333. The summed E-state index contributed by atoms with van der Waals surface area (Å²) < 4.78 is 1.62. The van der Waals surface area contributed by atoms with Gasteiger partial charge in [0.1, 0.15) is 0 Å². The van der Waals surface area contributed by atoms with Crippen molar-refractivity contribution in [3.05, 3.63) is 30.3 Å². The first-order valence-electron chi connectivity index (χ1n) is 4.01. The third-order valence-corrected chi connectivity index (χ3v) is 16.1. The fourth-order valence-electron chi connectivity index (χ4n) is 1.08. The van der Waals surface area contributed by atoms with Gasteiger partial charge in [0.2, 0.25) is 0 Å². The van der Waals surface area contributed by atoms with E-state index in [1.165, 1.54) is 5.75 Å². The van der Waals surface area contributed by atoms with Gasteiger partial charge in [0.15, 0.2) is 0 Å². The van der Waals surface area contributed by atoms with E-state index in [1.54, 1.807) is 4.35 Å². The van der Waals surface area contributed by atoms with Crippen molar-refractivity contribution in [1.82, 2.24) is 0 Å². The molecule has 0 radical (unpaired) electrons. The zero-order valence-electron chi connectivity index (χ0n) is 6.93. The monoisotopic (exact) mass is 258 g/mol. The molecule has 1 fully saturated rings. The van der Waals surface area contributed by atoms with Gasteiger partial charge in [-0.1, -0.05) is 0 Å². The van der Waals surface area contributed by atoms with Gasteiger partial charge in [-0.05, 0) is 0 Å². The number of hydrogen-bond acceptors (Lipinski definition) is 2. The first-order valence-corrected chi connectivity index (χ1v) is 11.3. The summed E-state index contributed by atoms with van der Waals surface area (Å²) in [5.41, 5.74) is 0. The van der Waals surface area contributed by atoms with E-state index in [0.29, 0.717) is 0 Å². The predicted octanol–water partition coefficient (Wildman–Crippen LogP) is 2.25. The molecule has 0 bridgehead atoms. The number of benzene rings is 1. The second-order valence-corrected chi connectivity index (χ2v) is 14.5. The Morgan fingerprint density at radius 3 is 2.67 bits per heavy atom. The van der Waals surface area contributed by atoms with E-state index in [9.17, 15) is 0 Å². The molecule has 0 spiro atoms. The summed E-state index contributed by atoms with van der Waals surface area (Å²) in [6.45, 7) is 2.34. The van der Waals surface area contributed by atoms with Gasteiger partial charge in [-0.2, -0.15) is 0 Å². The van der Waals surface area contributed by atoms with Crippen molar-refractivity contribution in [2.75, 3.05) is 5.75 Å². The summed E-state index contributed by atoms with van der Waals surface area (Å²) in [7, 11) is 4.44. The molecule has 12 heavy (non-hydrogen) atoms. The van der Waals surface area contributed by atoms with E-state index in [4.69, 9.17) is 0 Å². The molecule has 0 nitrogen and oxygen atoms in total. The van der Waals surface area contributed by atoms with Gasteiger partial charge < -0.3 is 0 Å². The first kappa shape index (κ1) is 9.05. The molecular formula is C9H11AsS2. The van der Waals surface area contributed by atoms with Crippen LogP contribution in [0.5, 0.6) is 0 Å². The van der Waals surface area contributed by atoms with E-state index >= 15 is 0 Å². The van der Waals surface area contributed by atoms with Crippen molar-refractivity contribution in [2.45, 2.75) is 12.2 Å². The van der Waals surface area contributed by atoms with Crippen LogP contribution in [-0.4, -0.2) is 23.3 Å². The van der Waals surface area contributed by atoms with E-state index in [-0.39, 0.29) is 0 Å². The van der Waals surface area contributed by atoms with Gasteiger partial charge in [0, 0.05) is 0 Å². The Morgan fingerprint density at radius 1 is 1.33 bits per heavy atom. The molecule has 1 aliphatic heterocycles. The van der Waals surface area contributed by atoms with Gasteiger partial charge in [0.05, 0.1) is 0 Å². The second-order valence-electron chi connectivity index (χ2n) is 2.80. The molecule has 1 unspecified atom stereocenters. The average Bonchev–Trinajstić information content (AvgIpc) is 2.54. The third-order valence-electron chi connectivity index (χ3n) is 1.67. The van der Waals surface area contributed by atoms with Crippen molar-refractivity contribution in [3.63, 3.8) is 0 Å². The Hall–Kier alpha value is 0.478. The van der Waals surface area contributed by atoms with E-state index in [1.807, 2.05) is 0 Å². The summed E-state index contributed by atoms with van der Waals surface area (Å²) >= 11 is -0.731. The summed E-state index contributed by atoms with van der Waals surface area (Å²) in [6, 6.07) is 11.0. The van der Waals surface area contributed by atoms with Crippen LogP contribution in [0, 0.1) is 0 Å². The van der Waals surface area contributed by atoms with Gasteiger partial charge in [-0.25, -0.2) is 0 Å². The van der Waals surface area contributed by atoms with Crippen molar-refractivity contribution < 1.29 is 0 Å². The number of hydrogen-bond donors (Lipinski definition) is 0. The van der Waals surface area contributed by atoms with Gasteiger partial charge in [0.25, 0.3) is 0 Å². The quantitative estimate of drug-likeness (QED) is 0.709. The fourth-order valence-corrected chi connectivity index (χ4v) is 17.1. The molecule has 0 amide bonds. The maximum atomic E-state index is 2.34. The molecule has 0 aliphatic carbocycles. The first-order chi connectivity index (χ1) is 5.86. The molecule has 1 aromatic carbocycles. The summed E-state index contributed by atoms with van der Waals surface area (Å²) in [5.74, 6) is 1.36. The van der Waals surface area contributed by atoms with Gasteiger partial charge in [-0.3, -0.25) is 0 Å². The molecular weight excluding hydrogens is 247 g/mol. The normalized spacial score (nSPS) is 29.1. The van der Waals surface area contributed by atoms with E-state index in [2.05, 4.69) is 57.3 Å². The zero-order chi connectivity index (χ0) is 8.39. The van der Waals surface area contributed by atoms with Crippen LogP contribution in [0.15, 0.2) is 30.3 Å². The molecule has 3 heteroatoms. The zero-order valence-corrected chi connectivity index (χ0v) is 10.4. The Labute approximate surface area is 84.7 Å². The summed E-state index contributed by atoms with van der Waals surface area (Å²) in [4.78, 5) is 0. The van der Waals surface area contributed by atoms with Crippen molar-refractivity contribution in [2.24, 2.45) is 0 Å². The van der Waals surface area contributed by atoms with Crippen LogP contribution in [-0.2, 0) is 0 Å². The minimum atomic E-state index is -0.731. The van der Waals surface area contributed by atoms with Crippen LogP contribution in [0.1, 0.15) is 6.92 Å². The van der Waals surface area contributed by atoms with Crippen LogP contribution in [0.4, 0.5) is 0 Å². The molecule has 0 N–H and O–H groups in total. The Kier molecular flexibility index (Phi) is 3.11. The van der Waals surface area contributed by atoms with Crippen LogP contribution in [0.2, 0.25) is 0 Å². The summed E-state index contributed by atoms with van der Waals surface area (Å²) in [5, 5.41) is 0.884. The topological polar surface area (TPSA) is 0 Å². The molecule has 1 aromatic rings. The van der Waals surface area contributed by atoms with Gasteiger partial charge in [-0.15, -0.1) is 0 Å². The van der Waals surface area contributed by atoms with Crippen molar-refractivity contribution in [1.29, 1.82) is 0 Å². The van der Waals surface area contributed by atoms with Crippen molar-refractivity contribution >= 4 is 36.7 Å². The van der Waals surface area contributed by atoms with Gasteiger partial charge >= 0.3 is 85.0 Å². The van der Waals surface area contributed by atoms with Crippen LogP contribution < -0.4 is 4.35 Å². The molecule has 1 heterocycles. The molecule has 2 rings (SSSR count). The number of rotatable bonds is 1. The Morgan fingerprint density at radius 2 is 2.08 bits per heavy atom. The standard InChI is InChI=1S/C9H11AsS2/c1-8-7-11-10(12-8)9-5-3-2-4-6-9/h2-6,8H,7H2,1H3/t8-,10?/m0/s1. The average molecular weight is 258 g/mol. The molecule has 0 saturated carbocycles. The minimum absolute atomic E-state index is 0.731. The van der Waals surface area contributed by atoms with Crippen molar-refractivity contribution in [3.8, 4) is 0 Å².